The van der Waals surface area contributed by atoms with Crippen molar-refractivity contribution in [1.29, 1.82) is 0 Å². The third-order valence-electron chi connectivity index (χ3n) is 2.55. The molecule has 0 bridgehead atoms. The predicted octanol–water partition coefficient (Wildman–Crippen LogP) is 2.28. The Morgan fingerprint density at radius 3 is 2.75 bits per heavy atom. The van der Waals surface area contributed by atoms with Crippen LogP contribution in [0.4, 0.5) is 5.69 Å². The molecule has 0 unspecified atom stereocenters. The lowest BCUT2D eigenvalue weighted by molar-refractivity contribution is -0.111. The van der Waals surface area contributed by atoms with Crippen LogP contribution in [0, 0.1) is 0 Å². The summed E-state index contributed by atoms with van der Waals surface area (Å²) in [5.74, 6) is -0.291. The van der Waals surface area contributed by atoms with E-state index in [2.05, 4.69) is 10.0 Å². The first kappa shape index (κ1) is 16.4. The summed E-state index contributed by atoms with van der Waals surface area (Å²) >= 11 is 0. The molecule has 0 heterocycles. The second kappa shape index (κ2) is 7.81. The van der Waals surface area contributed by atoms with E-state index in [9.17, 15) is 13.2 Å². The van der Waals surface area contributed by atoms with Gasteiger partial charge < -0.3 is 5.32 Å². The normalized spacial score (nSPS) is 11.7. The van der Waals surface area contributed by atoms with Crippen molar-refractivity contribution in [1.82, 2.24) is 4.72 Å². The summed E-state index contributed by atoms with van der Waals surface area (Å²) in [5.41, 5.74) is 0.450. The fraction of sp³-hybridized carbons (Fsp3) is 0.357. The molecule has 110 valence electrons. The van der Waals surface area contributed by atoms with Crippen LogP contribution in [0.1, 0.15) is 26.7 Å². The molecule has 0 aliphatic heterocycles. The van der Waals surface area contributed by atoms with Gasteiger partial charge in [0.15, 0.2) is 0 Å². The summed E-state index contributed by atoms with van der Waals surface area (Å²) in [4.78, 5) is 11.6. The van der Waals surface area contributed by atoms with Crippen molar-refractivity contribution in [3.8, 4) is 0 Å². The lowest BCUT2D eigenvalue weighted by atomic mass is 10.3. The number of hydrogen-bond acceptors (Lipinski definition) is 3. The zero-order valence-electron chi connectivity index (χ0n) is 11.7. The molecule has 0 aliphatic carbocycles. The number of carbonyl (C=O) groups excluding carboxylic acids is 1. The van der Waals surface area contributed by atoms with Gasteiger partial charge in [-0.3, -0.25) is 4.79 Å². The van der Waals surface area contributed by atoms with E-state index >= 15 is 0 Å². The standard InChI is InChI=1S/C14H20N2O3S/c1-3-5-10-15-20(18,19)13-9-6-8-12(11-13)16-14(17)7-4-2/h4,6-9,11,15H,3,5,10H2,1-2H3,(H,16,17). The lowest BCUT2D eigenvalue weighted by Gasteiger charge is -2.08. The molecular formula is C14H20N2O3S. The first-order valence-electron chi connectivity index (χ1n) is 6.53. The molecule has 0 radical (unpaired) electrons. The van der Waals surface area contributed by atoms with Gasteiger partial charge in [0.25, 0.3) is 0 Å². The predicted molar refractivity (Wildman–Crippen MR) is 80.0 cm³/mol. The van der Waals surface area contributed by atoms with Gasteiger partial charge in [-0.1, -0.05) is 25.5 Å². The van der Waals surface area contributed by atoms with Gasteiger partial charge in [-0.25, -0.2) is 13.1 Å². The summed E-state index contributed by atoms with van der Waals surface area (Å²) in [6, 6.07) is 6.18. The SMILES string of the molecule is CC=CC(=O)Nc1cccc(S(=O)(=O)NCCCC)c1. The van der Waals surface area contributed by atoms with Crippen molar-refractivity contribution in [3.63, 3.8) is 0 Å². The molecule has 0 fully saturated rings. The van der Waals surface area contributed by atoms with Crippen LogP contribution in [-0.2, 0) is 14.8 Å². The Bertz CT molecular complexity index is 580. The molecule has 5 nitrogen and oxygen atoms in total. The quantitative estimate of drug-likeness (QED) is 0.599. The van der Waals surface area contributed by atoms with Gasteiger partial charge >= 0.3 is 0 Å². The number of rotatable bonds is 7. The molecule has 0 aliphatic rings. The number of amides is 1. The number of benzene rings is 1. The van der Waals surface area contributed by atoms with Gasteiger partial charge in [-0.15, -0.1) is 0 Å². The molecule has 0 aromatic heterocycles. The minimum absolute atomic E-state index is 0.145. The summed E-state index contributed by atoms with van der Waals surface area (Å²) in [5, 5.41) is 2.60. The van der Waals surface area contributed by atoms with Crippen molar-refractivity contribution < 1.29 is 13.2 Å². The highest BCUT2D eigenvalue weighted by Gasteiger charge is 2.13. The summed E-state index contributed by atoms with van der Waals surface area (Å²) < 4.78 is 26.6. The van der Waals surface area contributed by atoms with Gasteiger partial charge in [-0.05, 0) is 37.6 Å². The van der Waals surface area contributed by atoms with Crippen molar-refractivity contribution in [2.75, 3.05) is 11.9 Å². The van der Waals surface area contributed by atoms with Crippen molar-refractivity contribution >= 4 is 21.6 Å². The van der Waals surface area contributed by atoms with Gasteiger partial charge in [0.05, 0.1) is 4.90 Å². The number of sulfonamides is 1. The Morgan fingerprint density at radius 2 is 2.10 bits per heavy atom. The van der Waals surface area contributed by atoms with Crippen LogP contribution in [0.15, 0.2) is 41.3 Å². The van der Waals surface area contributed by atoms with Crippen molar-refractivity contribution in [2.24, 2.45) is 0 Å². The maximum atomic E-state index is 12.0. The second-order valence-corrected chi connectivity index (χ2v) is 6.04. The van der Waals surface area contributed by atoms with Crippen LogP contribution in [0.2, 0.25) is 0 Å². The largest absolute Gasteiger partial charge is 0.322 e. The van der Waals surface area contributed by atoms with E-state index in [0.717, 1.165) is 12.8 Å². The van der Waals surface area contributed by atoms with Gasteiger partial charge in [-0.2, -0.15) is 0 Å². The summed E-state index contributed by atoms with van der Waals surface area (Å²) in [6.07, 6.45) is 4.70. The number of allylic oxidation sites excluding steroid dienone is 1. The molecule has 1 rings (SSSR count). The Morgan fingerprint density at radius 1 is 1.35 bits per heavy atom. The van der Waals surface area contributed by atoms with Gasteiger partial charge in [0.2, 0.25) is 15.9 Å². The van der Waals surface area contributed by atoms with E-state index in [4.69, 9.17) is 0 Å². The number of anilines is 1. The van der Waals surface area contributed by atoms with E-state index in [1.165, 1.54) is 18.2 Å². The van der Waals surface area contributed by atoms with Crippen LogP contribution in [-0.4, -0.2) is 20.9 Å². The van der Waals surface area contributed by atoms with E-state index in [1.54, 1.807) is 25.1 Å². The molecule has 2 N–H and O–H groups in total. The molecule has 0 saturated carbocycles. The summed E-state index contributed by atoms with van der Waals surface area (Å²) in [6.45, 7) is 4.14. The average Bonchev–Trinajstić information content (AvgIpc) is 2.39. The molecule has 1 amide bonds. The lowest BCUT2D eigenvalue weighted by Crippen LogP contribution is -2.24. The van der Waals surface area contributed by atoms with E-state index in [1.807, 2.05) is 6.92 Å². The molecule has 0 spiro atoms. The number of unbranched alkanes of at least 4 members (excludes halogenated alkanes) is 1. The van der Waals surface area contributed by atoms with Gasteiger partial charge in [0.1, 0.15) is 0 Å². The molecule has 0 atom stereocenters. The third kappa shape index (κ3) is 5.14. The summed E-state index contributed by atoms with van der Waals surface area (Å²) in [7, 11) is -3.52. The van der Waals surface area contributed by atoms with Crippen LogP contribution in [0.3, 0.4) is 0 Å². The fourth-order valence-corrected chi connectivity index (χ4v) is 2.66. The molecular weight excluding hydrogens is 276 g/mol. The maximum Gasteiger partial charge on any atom is 0.248 e. The molecule has 20 heavy (non-hydrogen) atoms. The molecule has 6 heteroatoms. The third-order valence-corrected chi connectivity index (χ3v) is 4.01. The first-order chi connectivity index (χ1) is 9.49. The topological polar surface area (TPSA) is 75.3 Å². The highest BCUT2D eigenvalue weighted by molar-refractivity contribution is 7.89. The smallest absolute Gasteiger partial charge is 0.248 e. The number of carbonyl (C=O) groups is 1. The van der Waals surface area contributed by atoms with Crippen LogP contribution in [0.25, 0.3) is 0 Å². The Labute approximate surface area is 120 Å². The second-order valence-electron chi connectivity index (χ2n) is 4.27. The number of nitrogens with one attached hydrogen (secondary N) is 2. The Hall–Kier alpha value is -1.66. The minimum atomic E-state index is -3.52. The van der Waals surface area contributed by atoms with E-state index in [0.29, 0.717) is 12.2 Å². The highest BCUT2D eigenvalue weighted by Crippen LogP contribution is 2.15. The average molecular weight is 296 g/mol. The Balaban J connectivity index is 2.84. The molecule has 1 aromatic carbocycles. The van der Waals surface area contributed by atoms with Crippen molar-refractivity contribution in [3.05, 3.63) is 36.4 Å². The first-order valence-corrected chi connectivity index (χ1v) is 8.01. The van der Waals surface area contributed by atoms with Gasteiger partial charge in [0, 0.05) is 12.2 Å². The minimum Gasteiger partial charge on any atom is -0.322 e. The van der Waals surface area contributed by atoms with Crippen LogP contribution >= 0.6 is 0 Å². The monoisotopic (exact) mass is 296 g/mol. The molecule has 0 saturated heterocycles. The Kier molecular flexibility index (Phi) is 6.41. The number of hydrogen-bond donors (Lipinski definition) is 2. The zero-order chi connectivity index (χ0) is 15.0. The van der Waals surface area contributed by atoms with E-state index < -0.39 is 10.0 Å². The van der Waals surface area contributed by atoms with Crippen LogP contribution < -0.4 is 10.0 Å². The zero-order valence-corrected chi connectivity index (χ0v) is 12.5. The fourth-order valence-electron chi connectivity index (χ4n) is 1.54. The highest BCUT2D eigenvalue weighted by atomic mass is 32.2. The van der Waals surface area contributed by atoms with E-state index in [-0.39, 0.29) is 10.8 Å². The maximum absolute atomic E-state index is 12.0. The van der Waals surface area contributed by atoms with Crippen molar-refractivity contribution in [2.45, 2.75) is 31.6 Å². The molecule has 1 aromatic rings. The van der Waals surface area contributed by atoms with Crippen LogP contribution in [0.5, 0.6) is 0 Å².